The van der Waals surface area contributed by atoms with Crippen molar-refractivity contribution in [2.45, 2.75) is 32.8 Å². The summed E-state index contributed by atoms with van der Waals surface area (Å²) >= 11 is 0. The smallest absolute Gasteiger partial charge is 0.113 e. The molecule has 1 heterocycles. The molecule has 1 aromatic carbocycles. The van der Waals surface area contributed by atoms with Gasteiger partial charge in [-0.1, -0.05) is 19.1 Å². The zero-order valence-electron chi connectivity index (χ0n) is 10.3. The van der Waals surface area contributed by atoms with Crippen LogP contribution in [0.1, 0.15) is 37.8 Å². The van der Waals surface area contributed by atoms with Crippen LogP contribution in [0.2, 0.25) is 0 Å². The van der Waals surface area contributed by atoms with Crippen molar-refractivity contribution in [3.05, 3.63) is 48.0 Å². The molecule has 1 atom stereocenters. The summed E-state index contributed by atoms with van der Waals surface area (Å²) in [5.41, 5.74) is 2.03. The van der Waals surface area contributed by atoms with Crippen LogP contribution < -0.4 is 0 Å². The highest BCUT2D eigenvalue weighted by Crippen LogP contribution is 2.17. The summed E-state index contributed by atoms with van der Waals surface area (Å²) in [7, 11) is 0. The van der Waals surface area contributed by atoms with Crippen molar-refractivity contribution in [3.63, 3.8) is 0 Å². The normalized spacial score (nSPS) is 12.6. The molecule has 0 spiro atoms. The zero-order valence-corrected chi connectivity index (χ0v) is 10.3. The lowest BCUT2D eigenvalue weighted by molar-refractivity contribution is 0.199. The third kappa shape index (κ3) is 2.56. The van der Waals surface area contributed by atoms with Crippen LogP contribution in [0.4, 0.5) is 0 Å². The molecule has 0 aliphatic carbocycles. The Kier molecular flexibility index (Phi) is 3.59. The van der Waals surface area contributed by atoms with E-state index in [1.54, 1.807) is 6.92 Å². The van der Waals surface area contributed by atoms with Crippen LogP contribution in [-0.4, -0.2) is 14.7 Å². The first-order chi connectivity index (χ1) is 8.22. The maximum Gasteiger partial charge on any atom is 0.113 e. The van der Waals surface area contributed by atoms with Gasteiger partial charge < -0.3 is 9.67 Å². The van der Waals surface area contributed by atoms with Crippen LogP contribution in [0.3, 0.4) is 0 Å². The van der Waals surface area contributed by atoms with Gasteiger partial charge in [-0.3, -0.25) is 0 Å². The molecule has 3 heteroatoms. The summed E-state index contributed by atoms with van der Waals surface area (Å²) < 4.78 is 2.09. The van der Waals surface area contributed by atoms with Crippen LogP contribution in [0, 0.1) is 0 Å². The van der Waals surface area contributed by atoms with Crippen molar-refractivity contribution in [2.24, 2.45) is 0 Å². The second-order valence-corrected chi connectivity index (χ2v) is 4.23. The van der Waals surface area contributed by atoms with E-state index in [1.807, 2.05) is 36.7 Å². The van der Waals surface area contributed by atoms with Gasteiger partial charge in [-0.2, -0.15) is 0 Å². The highest BCUT2D eigenvalue weighted by molar-refractivity contribution is 5.36. The third-order valence-electron chi connectivity index (χ3n) is 2.84. The first-order valence-electron chi connectivity index (χ1n) is 6.03. The highest BCUT2D eigenvalue weighted by Gasteiger charge is 2.05. The number of hydrogen-bond acceptors (Lipinski definition) is 2. The SMILES string of the molecule is CCCc1nccn1-c1ccc([C@H](C)O)cc1. The second-order valence-electron chi connectivity index (χ2n) is 4.23. The molecule has 0 radical (unpaired) electrons. The lowest BCUT2D eigenvalue weighted by atomic mass is 10.1. The Morgan fingerprint density at radius 2 is 2.00 bits per heavy atom. The molecule has 0 fully saturated rings. The fourth-order valence-corrected chi connectivity index (χ4v) is 1.89. The molecule has 0 aliphatic heterocycles. The van der Waals surface area contributed by atoms with Gasteiger partial charge in [-0.25, -0.2) is 4.98 Å². The van der Waals surface area contributed by atoms with Crippen LogP contribution in [-0.2, 0) is 6.42 Å². The summed E-state index contributed by atoms with van der Waals surface area (Å²) in [4.78, 5) is 4.35. The number of rotatable bonds is 4. The molecular weight excluding hydrogens is 212 g/mol. The van der Waals surface area contributed by atoms with Gasteiger partial charge in [0.1, 0.15) is 5.82 Å². The van der Waals surface area contributed by atoms with Gasteiger partial charge in [-0.15, -0.1) is 0 Å². The Labute approximate surface area is 102 Å². The van der Waals surface area contributed by atoms with E-state index in [0.29, 0.717) is 0 Å². The number of aryl methyl sites for hydroxylation is 1. The van der Waals surface area contributed by atoms with Gasteiger partial charge in [0, 0.05) is 24.5 Å². The molecule has 0 saturated heterocycles. The van der Waals surface area contributed by atoms with Gasteiger partial charge in [-0.05, 0) is 31.0 Å². The van der Waals surface area contributed by atoms with E-state index in [4.69, 9.17) is 0 Å². The van der Waals surface area contributed by atoms with Crippen LogP contribution >= 0.6 is 0 Å². The average molecular weight is 230 g/mol. The molecule has 1 N–H and O–H groups in total. The Morgan fingerprint density at radius 1 is 1.29 bits per heavy atom. The average Bonchev–Trinajstić information content (AvgIpc) is 2.78. The summed E-state index contributed by atoms with van der Waals surface area (Å²) in [5.74, 6) is 1.08. The third-order valence-corrected chi connectivity index (χ3v) is 2.84. The number of hydrogen-bond donors (Lipinski definition) is 1. The van der Waals surface area contributed by atoms with Crippen LogP contribution in [0.15, 0.2) is 36.7 Å². The van der Waals surface area contributed by atoms with Gasteiger partial charge in [0.05, 0.1) is 6.10 Å². The highest BCUT2D eigenvalue weighted by atomic mass is 16.3. The van der Waals surface area contributed by atoms with E-state index < -0.39 is 6.10 Å². The van der Waals surface area contributed by atoms with Gasteiger partial charge in [0.2, 0.25) is 0 Å². The molecule has 2 rings (SSSR count). The predicted molar refractivity (Wildman–Crippen MR) is 68.2 cm³/mol. The molecule has 0 aliphatic rings. The Morgan fingerprint density at radius 3 is 2.59 bits per heavy atom. The molecule has 90 valence electrons. The molecule has 0 bridgehead atoms. The molecule has 1 aromatic heterocycles. The lowest BCUT2D eigenvalue weighted by Gasteiger charge is -2.09. The lowest BCUT2D eigenvalue weighted by Crippen LogP contribution is -2.00. The van der Waals surface area contributed by atoms with Crippen molar-refractivity contribution in [2.75, 3.05) is 0 Å². The Hall–Kier alpha value is -1.61. The topological polar surface area (TPSA) is 38.0 Å². The predicted octanol–water partition coefficient (Wildman–Crippen LogP) is 2.88. The minimum atomic E-state index is -0.415. The fourth-order valence-electron chi connectivity index (χ4n) is 1.89. The maximum absolute atomic E-state index is 9.46. The minimum absolute atomic E-state index is 0.415. The molecule has 0 unspecified atom stereocenters. The number of aliphatic hydroxyl groups excluding tert-OH is 1. The van der Waals surface area contributed by atoms with Gasteiger partial charge in [0.25, 0.3) is 0 Å². The van der Waals surface area contributed by atoms with Crippen LogP contribution in [0.25, 0.3) is 5.69 Å². The van der Waals surface area contributed by atoms with E-state index in [9.17, 15) is 5.11 Å². The van der Waals surface area contributed by atoms with E-state index in [-0.39, 0.29) is 0 Å². The Bertz CT molecular complexity index is 471. The summed E-state index contributed by atoms with van der Waals surface area (Å²) in [6.45, 7) is 3.92. The summed E-state index contributed by atoms with van der Waals surface area (Å²) in [6.07, 6.45) is 5.45. The van der Waals surface area contributed by atoms with E-state index in [0.717, 1.165) is 29.9 Å². The standard InChI is InChI=1S/C14H18N2O/c1-3-4-14-15-9-10-16(14)13-7-5-12(6-8-13)11(2)17/h5-11,17H,3-4H2,1-2H3/t11-/m0/s1. The van der Waals surface area contributed by atoms with Crippen molar-refractivity contribution in [1.82, 2.24) is 9.55 Å². The first kappa shape index (κ1) is 11.9. The molecule has 3 nitrogen and oxygen atoms in total. The summed E-state index contributed by atoms with van der Waals surface area (Å²) in [5, 5.41) is 9.46. The maximum atomic E-state index is 9.46. The quantitative estimate of drug-likeness (QED) is 0.877. The molecule has 0 amide bonds. The van der Waals surface area contributed by atoms with Gasteiger partial charge >= 0.3 is 0 Å². The van der Waals surface area contributed by atoms with E-state index in [2.05, 4.69) is 16.5 Å². The van der Waals surface area contributed by atoms with Crippen molar-refractivity contribution in [3.8, 4) is 5.69 Å². The molecule has 2 aromatic rings. The Balaban J connectivity index is 2.30. The monoisotopic (exact) mass is 230 g/mol. The number of imidazole rings is 1. The van der Waals surface area contributed by atoms with E-state index >= 15 is 0 Å². The molecular formula is C14H18N2O. The second kappa shape index (κ2) is 5.15. The number of aliphatic hydroxyl groups is 1. The zero-order chi connectivity index (χ0) is 12.3. The minimum Gasteiger partial charge on any atom is -0.389 e. The van der Waals surface area contributed by atoms with Crippen molar-refractivity contribution >= 4 is 0 Å². The molecule has 17 heavy (non-hydrogen) atoms. The number of nitrogens with zero attached hydrogens (tertiary/aromatic N) is 2. The first-order valence-corrected chi connectivity index (χ1v) is 6.03. The molecule has 0 saturated carbocycles. The largest absolute Gasteiger partial charge is 0.389 e. The van der Waals surface area contributed by atoms with Crippen molar-refractivity contribution in [1.29, 1.82) is 0 Å². The fraction of sp³-hybridized carbons (Fsp3) is 0.357. The van der Waals surface area contributed by atoms with Crippen LogP contribution in [0.5, 0.6) is 0 Å². The number of aromatic nitrogens is 2. The van der Waals surface area contributed by atoms with Crippen molar-refractivity contribution < 1.29 is 5.11 Å². The summed E-state index contributed by atoms with van der Waals surface area (Å²) in [6, 6.07) is 7.94. The number of benzene rings is 1. The van der Waals surface area contributed by atoms with E-state index in [1.165, 1.54) is 0 Å². The van der Waals surface area contributed by atoms with Gasteiger partial charge in [0.15, 0.2) is 0 Å².